The van der Waals surface area contributed by atoms with Crippen molar-refractivity contribution >= 4 is 22.6 Å². The Labute approximate surface area is 147 Å². The number of hydrogen-bond donors (Lipinski definition) is 1. The molecule has 0 heterocycles. The quantitative estimate of drug-likeness (QED) is 0.570. The Bertz CT molecular complexity index is 595. The van der Waals surface area contributed by atoms with Crippen LogP contribution in [0.5, 0.6) is 0 Å². The molecule has 2 heteroatoms. The van der Waals surface area contributed by atoms with E-state index in [2.05, 4.69) is 58.7 Å². The number of halogens is 1. The van der Waals surface area contributed by atoms with Gasteiger partial charge in [-0.1, -0.05) is 18.1 Å². The second kappa shape index (κ2) is 5.83. The van der Waals surface area contributed by atoms with Gasteiger partial charge in [-0.25, -0.2) is 0 Å². The van der Waals surface area contributed by atoms with E-state index in [4.69, 9.17) is 0 Å². The molecular formula is C20H23IO. The maximum Gasteiger partial charge on any atom is 0.0734 e. The summed E-state index contributed by atoms with van der Waals surface area (Å²) < 4.78 is 1.28. The van der Waals surface area contributed by atoms with Crippen LogP contribution in [0, 0.1) is 38.6 Å². The van der Waals surface area contributed by atoms with Crippen molar-refractivity contribution in [1.29, 1.82) is 0 Å². The summed E-state index contributed by atoms with van der Waals surface area (Å²) in [5.41, 5.74) is 1.31. The van der Waals surface area contributed by atoms with Gasteiger partial charge >= 0.3 is 0 Å². The molecular weight excluding hydrogens is 383 g/mol. The van der Waals surface area contributed by atoms with Crippen LogP contribution in [-0.2, 0) is 6.42 Å². The lowest BCUT2D eigenvalue weighted by Crippen LogP contribution is -2.55. The van der Waals surface area contributed by atoms with Gasteiger partial charge in [0, 0.05) is 9.99 Å². The summed E-state index contributed by atoms with van der Waals surface area (Å²) in [4.78, 5) is 0. The second-order valence-electron chi connectivity index (χ2n) is 7.64. The summed E-state index contributed by atoms with van der Waals surface area (Å²) in [5.74, 6) is 9.20. The van der Waals surface area contributed by atoms with Gasteiger partial charge < -0.3 is 5.11 Å². The Hall–Kier alpha value is -0.530. The molecule has 1 aromatic carbocycles. The first-order valence-corrected chi connectivity index (χ1v) is 9.65. The third kappa shape index (κ3) is 2.71. The summed E-state index contributed by atoms with van der Waals surface area (Å²) in [7, 11) is 0. The van der Waals surface area contributed by atoms with Crippen LogP contribution in [-0.4, -0.2) is 11.2 Å². The summed E-state index contributed by atoms with van der Waals surface area (Å²) in [5, 5.41) is 10.7. The fourth-order valence-electron chi connectivity index (χ4n) is 5.29. The van der Waals surface area contributed by atoms with E-state index in [1.54, 1.807) is 0 Å². The third-order valence-electron chi connectivity index (χ3n) is 6.05. The average molecular weight is 406 g/mol. The highest BCUT2D eigenvalue weighted by atomic mass is 127. The van der Waals surface area contributed by atoms with E-state index >= 15 is 0 Å². The molecule has 3 atom stereocenters. The monoisotopic (exact) mass is 406 g/mol. The number of aliphatic hydroxyl groups excluding tert-OH is 1. The lowest BCUT2D eigenvalue weighted by atomic mass is 9.48. The molecule has 0 aliphatic heterocycles. The molecule has 22 heavy (non-hydrogen) atoms. The molecule has 4 fully saturated rings. The lowest BCUT2D eigenvalue weighted by molar-refractivity contribution is -0.126. The zero-order valence-electron chi connectivity index (χ0n) is 12.9. The standard InChI is InChI=1S/C20H23IO/c21-18-6-4-14(5-7-18)3-1-2-8-20-12-15-9-16(13-20)11-17(10-15)19(20)22/h4-7,15-17,19,22H,1,3,9-13H2. The van der Waals surface area contributed by atoms with E-state index in [0.29, 0.717) is 5.92 Å². The largest absolute Gasteiger partial charge is 0.391 e. The Balaban J connectivity index is 1.43. The van der Waals surface area contributed by atoms with E-state index in [0.717, 1.165) is 37.5 Å². The summed E-state index contributed by atoms with van der Waals surface area (Å²) in [6.45, 7) is 0. The fraction of sp³-hybridized carbons (Fsp3) is 0.600. The van der Waals surface area contributed by atoms with Crippen molar-refractivity contribution in [2.45, 2.75) is 51.0 Å². The Morgan fingerprint density at radius 2 is 1.77 bits per heavy atom. The predicted octanol–water partition coefficient (Wildman–Crippen LogP) is 4.41. The van der Waals surface area contributed by atoms with Crippen molar-refractivity contribution in [3.05, 3.63) is 33.4 Å². The summed E-state index contributed by atoms with van der Waals surface area (Å²) in [6.07, 6.45) is 7.98. The number of benzene rings is 1. The van der Waals surface area contributed by atoms with Crippen molar-refractivity contribution in [3.8, 4) is 11.8 Å². The van der Waals surface area contributed by atoms with Crippen LogP contribution in [0.25, 0.3) is 0 Å². The van der Waals surface area contributed by atoms with Gasteiger partial charge in [0.25, 0.3) is 0 Å². The van der Waals surface area contributed by atoms with Gasteiger partial charge in [-0.05, 0) is 96.6 Å². The Morgan fingerprint density at radius 1 is 1.09 bits per heavy atom. The van der Waals surface area contributed by atoms with Crippen molar-refractivity contribution in [2.75, 3.05) is 0 Å². The number of aliphatic hydroxyl groups is 1. The topological polar surface area (TPSA) is 20.2 Å². The van der Waals surface area contributed by atoms with E-state index in [-0.39, 0.29) is 11.5 Å². The van der Waals surface area contributed by atoms with Gasteiger partial charge in [-0.15, -0.1) is 5.92 Å². The molecule has 4 bridgehead atoms. The molecule has 1 aromatic rings. The van der Waals surface area contributed by atoms with Crippen LogP contribution in [0.1, 0.15) is 44.1 Å². The Morgan fingerprint density at radius 3 is 2.45 bits per heavy atom. The molecule has 4 saturated carbocycles. The molecule has 0 aromatic heterocycles. The van der Waals surface area contributed by atoms with Crippen molar-refractivity contribution < 1.29 is 5.11 Å². The highest BCUT2D eigenvalue weighted by molar-refractivity contribution is 14.1. The molecule has 116 valence electrons. The molecule has 3 unspecified atom stereocenters. The van der Waals surface area contributed by atoms with Crippen LogP contribution in [0.15, 0.2) is 24.3 Å². The first-order valence-electron chi connectivity index (χ1n) is 8.57. The normalized spacial score (nSPS) is 38.6. The molecule has 0 amide bonds. The lowest BCUT2D eigenvalue weighted by Gasteiger charge is -2.57. The van der Waals surface area contributed by atoms with Gasteiger partial charge in [0.1, 0.15) is 0 Å². The third-order valence-corrected chi connectivity index (χ3v) is 6.77. The van der Waals surface area contributed by atoms with Crippen molar-refractivity contribution in [2.24, 2.45) is 23.2 Å². The van der Waals surface area contributed by atoms with E-state index in [1.807, 2.05) is 0 Å². The fourth-order valence-corrected chi connectivity index (χ4v) is 5.65. The van der Waals surface area contributed by atoms with Gasteiger partial charge in [-0.2, -0.15) is 0 Å². The number of aryl methyl sites for hydroxylation is 1. The number of rotatable bonds is 2. The van der Waals surface area contributed by atoms with Crippen LogP contribution < -0.4 is 0 Å². The molecule has 4 aliphatic carbocycles. The van der Waals surface area contributed by atoms with Gasteiger partial charge in [0.05, 0.1) is 11.5 Å². The maximum absolute atomic E-state index is 10.7. The second-order valence-corrected chi connectivity index (χ2v) is 8.88. The molecule has 1 N–H and O–H groups in total. The molecule has 4 aliphatic rings. The van der Waals surface area contributed by atoms with Gasteiger partial charge in [-0.3, -0.25) is 0 Å². The maximum atomic E-state index is 10.7. The van der Waals surface area contributed by atoms with Gasteiger partial charge in [0.15, 0.2) is 0 Å². The van der Waals surface area contributed by atoms with E-state index in [9.17, 15) is 5.11 Å². The molecule has 0 radical (unpaired) electrons. The van der Waals surface area contributed by atoms with Gasteiger partial charge in [0.2, 0.25) is 0 Å². The summed E-state index contributed by atoms with van der Waals surface area (Å²) in [6, 6.07) is 8.71. The van der Waals surface area contributed by atoms with E-state index < -0.39 is 0 Å². The van der Waals surface area contributed by atoms with Crippen molar-refractivity contribution in [3.63, 3.8) is 0 Å². The first kappa shape index (κ1) is 15.0. The predicted molar refractivity (Wildman–Crippen MR) is 97.3 cm³/mol. The zero-order chi connectivity index (χ0) is 15.2. The highest BCUT2D eigenvalue weighted by Crippen LogP contribution is 2.59. The van der Waals surface area contributed by atoms with Crippen molar-refractivity contribution in [1.82, 2.24) is 0 Å². The van der Waals surface area contributed by atoms with E-state index in [1.165, 1.54) is 28.4 Å². The summed E-state index contributed by atoms with van der Waals surface area (Å²) >= 11 is 2.34. The minimum absolute atomic E-state index is 0.0547. The van der Waals surface area contributed by atoms with Crippen LogP contribution >= 0.6 is 22.6 Å². The smallest absolute Gasteiger partial charge is 0.0734 e. The molecule has 1 nitrogen and oxygen atoms in total. The van der Waals surface area contributed by atoms with Crippen LogP contribution in [0.4, 0.5) is 0 Å². The average Bonchev–Trinajstić information content (AvgIpc) is 2.50. The SMILES string of the molecule is OC1C2CC3CC(C2)CC1(C#CCCc1ccc(I)cc1)C3. The minimum Gasteiger partial charge on any atom is -0.391 e. The van der Waals surface area contributed by atoms with Crippen LogP contribution in [0.3, 0.4) is 0 Å². The molecule has 0 spiro atoms. The highest BCUT2D eigenvalue weighted by Gasteiger charge is 2.56. The Kier molecular flexibility index (Phi) is 3.98. The minimum atomic E-state index is -0.161. The molecule has 0 saturated heterocycles. The van der Waals surface area contributed by atoms with Crippen LogP contribution in [0.2, 0.25) is 0 Å². The zero-order valence-corrected chi connectivity index (χ0v) is 15.1. The molecule has 5 rings (SSSR count). The first-order chi connectivity index (χ1) is 10.6. The number of hydrogen-bond acceptors (Lipinski definition) is 1.